The second kappa shape index (κ2) is 8.45. The number of carbonyl (C=O) groups is 2. The lowest BCUT2D eigenvalue weighted by atomic mass is 10.3. The largest absolute Gasteiger partial charge is 0.497 e. The first-order valence-electron chi connectivity index (χ1n) is 8.18. The number of hydrogen-bond acceptors (Lipinski definition) is 5. The molecular formula is C19H18ClN3O3S. The van der Waals surface area contributed by atoms with Crippen molar-refractivity contribution in [2.45, 2.75) is 11.7 Å². The standard InChI is InChI=1S/C19H18ClN3O3S/c1-21-19(22-13-6-8-15(26-2)9-7-13)27-16-11-17(24)23(18(16)25)14-5-3-4-12(20)10-14/h3-10,16H,11H2,1-2H3,(H,21,22). The first kappa shape index (κ1) is 19.3. The molecular weight excluding hydrogens is 386 g/mol. The Labute approximate surface area is 166 Å². The lowest BCUT2D eigenvalue weighted by Gasteiger charge is -2.16. The number of thioether (sulfide) groups is 1. The molecule has 0 radical (unpaired) electrons. The first-order valence-corrected chi connectivity index (χ1v) is 9.44. The molecule has 1 heterocycles. The van der Waals surface area contributed by atoms with Gasteiger partial charge >= 0.3 is 0 Å². The van der Waals surface area contributed by atoms with Crippen LogP contribution in [0.3, 0.4) is 0 Å². The van der Waals surface area contributed by atoms with Gasteiger partial charge in [0.05, 0.1) is 12.8 Å². The minimum Gasteiger partial charge on any atom is -0.497 e. The fourth-order valence-electron chi connectivity index (χ4n) is 2.65. The molecule has 27 heavy (non-hydrogen) atoms. The summed E-state index contributed by atoms with van der Waals surface area (Å²) < 4.78 is 5.14. The summed E-state index contributed by atoms with van der Waals surface area (Å²) in [6, 6.07) is 14.1. The maximum atomic E-state index is 12.8. The van der Waals surface area contributed by atoms with Crippen molar-refractivity contribution in [2.24, 2.45) is 4.99 Å². The molecule has 3 rings (SSSR count). The Balaban J connectivity index is 1.70. The second-order valence-electron chi connectivity index (χ2n) is 5.74. The van der Waals surface area contributed by atoms with Crippen LogP contribution in [0.25, 0.3) is 0 Å². The molecule has 0 bridgehead atoms. The number of rotatable bonds is 4. The van der Waals surface area contributed by atoms with Gasteiger partial charge in [0, 0.05) is 24.2 Å². The van der Waals surface area contributed by atoms with Gasteiger partial charge in [-0.3, -0.25) is 14.6 Å². The minimum atomic E-state index is -0.541. The summed E-state index contributed by atoms with van der Waals surface area (Å²) in [6.45, 7) is 0. The fourth-order valence-corrected chi connectivity index (χ4v) is 3.82. The SMILES string of the molecule is CN=C(Nc1ccc(OC)cc1)SC1CC(=O)N(c2cccc(Cl)c2)C1=O. The Morgan fingerprint density at radius 2 is 2.00 bits per heavy atom. The molecule has 0 saturated carbocycles. The third-order valence-corrected chi connectivity index (χ3v) is 5.37. The van der Waals surface area contributed by atoms with Gasteiger partial charge in [0.15, 0.2) is 5.17 Å². The summed E-state index contributed by atoms with van der Waals surface area (Å²) in [5.41, 5.74) is 1.30. The number of amides is 2. The molecule has 0 aromatic heterocycles. The van der Waals surface area contributed by atoms with Crippen LogP contribution in [0.2, 0.25) is 5.02 Å². The van der Waals surface area contributed by atoms with Gasteiger partial charge in [-0.25, -0.2) is 4.90 Å². The molecule has 2 aromatic rings. The molecule has 1 atom stereocenters. The molecule has 0 spiro atoms. The first-order chi connectivity index (χ1) is 13.0. The Hall–Kier alpha value is -2.51. The van der Waals surface area contributed by atoms with Gasteiger partial charge in [0.1, 0.15) is 11.0 Å². The van der Waals surface area contributed by atoms with E-state index in [9.17, 15) is 9.59 Å². The molecule has 1 aliphatic rings. The maximum absolute atomic E-state index is 12.8. The predicted octanol–water partition coefficient (Wildman–Crippen LogP) is 3.81. The molecule has 6 nitrogen and oxygen atoms in total. The van der Waals surface area contributed by atoms with Crippen molar-refractivity contribution < 1.29 is 14.3 Å². The van der Waals surface area contributed by atoms with Gasteiger partial charge in [-0.2, -0.15) is 0 Å². The number of hydrogen-bond donors (Lipinski definition) is 1. The monoisotopic (exact) mass is 403 g/mol. The Kier molecular flexibility index (Phi) is 6.03. The van der Waals surface area contributed by atoms with Gasteiger partial charge in [-0.1, -0.05) is 29.4 Å². The van der Waals surface area contributed by atoms with Crippen molar-refractivity contribution >= 4 is 51.7 Å². The third-order valence-electron chi connectivity index (χ3n) is 3.97. The number of nitrogens with zero attached hydrogens (tertiary/aromatic N) is 2. The quantitative estimate of drug-likeness (QED) is 0.477. The van der Waals surface area contributed by atoms with E-state index in [1.54, 1.807) is 38.4 Å². The van der Waals surface area contributed by atoms with Crippen LogP contribution in [0, 0.1) is 0 Å². The zero-order valence-electron chi connectivity index (χ0n) is 14.8. The third kappa shape index (κ3) is 4.43. The number of amidine groups is 1. The van der Waals surface area contributed by atoms with E-state index in [0.29, 0.717) is 15.9 Å². The van der Waals surface area contributed by atoms with Gasteiger partial charge in [-0.05, 0) is 42.5 Å². The van der Waals surface area contributed by atoms with Crippen molar-refractivity contribution in [1.82, 2.24) is 0 Å². The molecule has 1 aliphatic heterocycles. The van der Waals surface area contributed by atoms with E-state index in [-0.39, 0.29) is 18.2 Å². The molecule has 1 N–H and O–H groups in total. The number of anilines is 2. The second-order valence-corrected chi connectivity index (χ2v) is 7.37. The average molecular weight is 404 g/mol. The van der Waals surface area contributed by atoms with Crippen LogP contribution in [0.5, 0.6) is 5.75 Å². The summed E-state index contributed by atoms with van der Waals surface area (Å²) in [7, 11) is 3.24. The Morgan fingerprint density at radius 3 is 2.63 bits per heavy atom. The van der Waals surface area contributed by atoms with Crippen LogP contribution >= 0.6 is 23.4 Å². The number of halogens is 1. The van der Waals surface area contributed by atoms with E-state index in [0.717, 1.165) is 11.4 Å². The van der Waals surface area contributed by atoms with E-state index >= 15 is 0 Å². The van der Waals surface area contributed by atoms with Crippen molar-refractivity contribution in [3.63, 3.8) is 0 Å². The van der Waals surface area contributed by atoms with Crippen LogP contribution in [-0.2, 0) is 9.59 Å². The molecule has 8 heteroatoms. The van der Waals surface area contributed by atoms with Crippen LogP contribution < -0.4 is 15.0 Å². The highest BCUT2D eigenvalue weighted by molar-refractivity contribution is 8.15. The van der Waals surface area contributed by atoms with E-state index in [1.807, 2.05) is 24.3 Å². The summed E-state index contributed by atoms with van der Waals surface area (Å²) in [5.74, 6) is 0.224. The molecule has 2 aromatic carbocycles. The summed E-state index contributed by atoms with van der Waals surface area (Å²) in [5, 5.41) is 3.65. The minimum absolute atomic E-state index is 0.110. The zero-order chi connectivity index (χ0) is 19.4. The maximum Gasteiger partial charge on any atom is 0.247 e. The number of ether oxygens (including phenoxy) is 1. The highest BCUT2D eigenvalue weighted by atomic mass is 35.5. The Morgan fingerprint density at radius 1 is 1.26 bits per heavy atom. The number of imide groups is 1. The summed E-state index contributed by atoms with van der Waals surface area (Å²) in [4.78, 5) is 30.5. The molecule has 1 unspecified atom stereocenters. The van der Waals surface area contributed by atoms with Crippen molar-refractivity contribution in [1.29, 1.82) is 0 Å². The van der Waals surface area contributed by atoms with Crippen molar-refractivity contribution in [3.8, 4) is 5.75 Å². The van der Waals surface area contributed by atoms with Crippen LogP contribution in [-0.4, -0.2) is 36.4 Å². The topological polar surface area (TPSA) is 71.0 Å². The lowest BCUT2D eigenvalue weighted by molar-refractivity contribution is -0.121. The van der Waals surface area contributed by atoms with E-state index in [2.05, 4.69) is 10.3 Å². The molecule has 2 amide bonds. The number of carbonyl (C=O) groups excluding carboxylic acids is 2. The number of benzene rings is 2. The predicted molar refractivity (Wildman–Crippen MR) is 110 cm³/mol. The highest BCUT2D eigenvalue weighted by Crippen LogP contribution is 2.31. The number of nitrogens with one attached hydrogen (secondary N) is 1. The summed E-state index contributed by atoms with van der Waals surface area (Å²) in [6.07, 6.45) is 0.110. The van der Waals surface area contributed by atoms with Gasteiger partial charge in [0.25, 0.3) is 0 Å². The van der Waals surface area contributed by atoms with E-state index in [4.69, 9.17) is 16.3 Å². The van der Waals surface area contributed by atoms with E-state index < -0.39 is 5.25 Å². The van der Waals surface area contributed by atoms with Crippen LogP contribution in [0.1, 0.15) is 6.42 Å². The highest BCUT2D eigenvalue weighted by Gasteiger charge is 2.40. The van der Waals surface area contributed by atoms with Gasteiger partial charge < -0.3 is 10.1 Å². The van der Waals surface area contributed by atoms with E-state index in [1.165, 1.54) is 16.7 Å². The van der Waals surface area contributed by atoms with Crippen LogP contribution in [0.4, 0.5) is 11.4 Å². The number of methoxy groups -OCH3 is 1. The zero-order valence-corrected chi connectivity index (χ0v) is 16.4. The fraction of sp³-hybridized carbons (Fsp3) is 0.211. The van der Waals surface area contributed by atoms with Gasteiger partial charge in [-0.15, -0.1) is 0 Å². The smallest absolute Gasteiger partial charge is 0.247 e. The lowest BCUT2D eigenvalue weighted by Crippen LogP contribution is -2.31. The molecule has 1 fully saturated rings. The Bertz CT molecular complexity index is 886. The number of aliphatic imine (C=N–C) groups is 1. The van der Waals surface area contributed by atoms with Gasteiger partial charge in [0.2, 0.25) is 11.8 Å². The van der Waals surface area contributed by atoms with Crippen molar-refractivity contribution in [3.05, 3.63) is 53.6 Å². The molecule has 1 saturated heterocycles. The normalized spacial score (nSPS) is 17.4. The summed E-state index contributed by atoms with van der Waals surface area (Å²) >= 11 is 7.22. The van der Waals surface area contributed by atoms with Crippen molar-refractivity contribution in [2.75, 3.05) is 24.4 Å². The molecule has 0 aliphatic carbocycles. The molecule has 140 valence electrons. The van der Waals surface area contributed by atoms with Crippen LogP contribution in [0.15, 0.2) is 53.5 Å². The average Bonchev–Trinajstić information content (AvgIpc) is 2.95.